The summed E-state index contributed by atoms with van der Waals surface area (Å²) in [4.78, 5) is 38.2. The molecule has 3 amide bonds. The largest absolute Gasteiger partial charge is 0.376 e. The van der Waals surface area contributed by atoms with Crippen molar-refractivity contribution in [1.82, 2.24) is 4.90 Å². The molecule has 0 saturated heterocycles. The Labute approximate surface area is 177 Å². The molecular weight excluding hydrogens is 380 g/mol. The molecular formula is C23H30N4O3. The van der Waals surface area contributed by atoms with Crippen molar-refractivity contribution in [3.8, 4) is 0 Å². The zero-order valence-corrected chi connectivity index (χ0v) is 18.0. The molecule has 0 aliphatic rings. The lowest BCUT2D eigenvalue weighted by Gasteiger charge is -2.19. The van der Waals surface area contributed by atoms with Crippen LogP contribution in [0.25, 0.3) is 0 Å². The Kier molecular flexibility index (Phi) is 8.41. The fraction of sp³-hybridized carbons (Fsp3) is 0.348. The van der Waals surface area contributed by atoms with Crippen molar-refractivity contribution in [3.63, 3.8) is 0 Å². The highest BCUT2D eigenvalue weighted by molar-refractivity contribution is 5.96. The van der Waals surface area contributed by atoms with E-state index in [1.54, 1.807) is 47.4 Å². The smallest absolute Gasteiger partial charge is 0.253 e. The van der Waals surface area contributed by atoms with E-state index in [0.717, 1.165) is 0 Å². The fourth-order valence-corrected chi connectivity index (χ4v) is 2.77. The number of carbonyl (C=O) groups excluding carboxylic acids is 3. The van der Waals surface area contributed by atoms with Gasteiger partial charge in [0.2, 0.25) is 11.8 Å². The number of rotatable bonds is 9. The lowest BCUT2D eigenvalue weighted by molar-refractivity contribution is -0.119. The number of anilines is 3. The minimum atomic E-state index is -0.213. The van der Waals surface area contributed by atoms with Gasteiger partial charge in [0.05, 0.1) is 6.54 Å². The first-order valence-corrected chi connectivity index (χ1v) is 10.2. The zero-order chi connectivity index (χ0) is 22.1. The Balaban J connectivity index is 1.90. The molecule has 30 heavy (non-hydrogen) atoms. The van der Waals surface area contributed by atoms with Crippen LogP contribution in [0.5, 0.6) is 0 Å². The van der Waals surface area contributed by atoms with Gasteiger partial charge in [-0.1, -0.05) is 19.9 Å². The van der Waals surface area contributed by atoms with E-state index in [1.807, 2.05) is 33.8 Å². The lowest BCUT2D eigenvalue weighted by Crippen LogP contribution is -2.30. The summed E-state index contributed by atoms with van der Waals surface area (Å²) in [7, 11) is 0. The van der Waals surface area contributed by atoms with Crippen LogP contribution in [0.1, 0.15) is 38.1 Å². The maximum atomic E-state index is 12.5. The van der Waals surface area contributed by atoms with E-state index in [1.165, 1.54) is 0 Å². The number of nitrogens with one attached hydrogen (secondary N) is 3. The predicted octanol–water partition coefficient (Wildman–Crippen LogP) is 3.81. The van der Waals surface area contributed by atoms with Crippen molar-refractivity contribution in [2.45, 2.75) is 27.7 Å². The van der Waals surface area contributed by atoms with Crippen LogP contribution in [-0.2, 0) is 9.59 Å². The van der Waals surface area contributed by atoms with Crippen molar-refractivity contribution in [2.24, 2.45) is 5.92 Å². The molecule has 0 unspecified atom stereocenters. The third kappa shape index (κ3) is 6.62. The quantitative estimate of drug-likeness (QED) is 0.586. The van der Waals surface area contributed by atoms with Crippen molar-refractivity contribution < 1.29 is 14.4 Å². The zero-order valence-electron chi connectivity index (χ0n) is 18.0. The summed E-state index contributed by atoms with van der Waals surface area (Å²) in [6.45, 7) is 8.90. The second kappa shape index (κ2) is 11.0. The molecule has 0 atom stereocenters. The summed E-state index contributed by atoms with van der Waals surface area (Å²) < 4.78 is 0. The van der Waals surface area contributed by atoms with Gasteiger partial charge in [-0.2, -0.15) is 0 Å². The molecule has 0 aromatic heterocycles. The summed E-state index contributed by atoms with van der Waals surface area (Å²) >= 11 is 0. The summed E-state index contributed by atoms with van der Waals surface area (Å²) in [6.07, 6.45) is 0. The van der Waals surface area contributed by atoms with E-state index in [9.17, 15) is 14.4 Å². The van der Waals surface area contributed by atoms with E-state index in [-0.39, 0.29) is 30.2 Å². The van der Waals surface area contributed by atoms with Crippen LogP contribution in [-0.4, -0.2) is 42.3 Å². The van der Waals surface area contributed by atoms with Gasteiger partial charge in [-0.25, -0.2) is 0 Å². The minimum Gasteiger partial charge on any atom is -0.376 e. The number of hydrogen-bond donors (Lipinski definition) is 3. The number of carbonyl (C=O) groups is 3. The van der Waals surface area contributed by atoms with E-state index >= 15 is 0 Å². The van der Waals surface area contributed by atoms with E-state index in [0.29, 0.717) is 35.7 Å². The van der Waals surface area contributed by atoms with Gasteiger partial charge in [0, 0.05) is 41.6 Å². The SMILES string of the molecule is CCN(CC)C(=O)c1cccc(NCC(=O)Nc2ccc(NC(=O)C(C)C)cc2)c1. The second-order valence-electron chi connectivity index (χ2n) is 7.18. The number of benzene rings is 2. The molecule has 3 N–H and O–H groups in total. The maximum absolute atomic E-state index is 12.5. The van der Waals surface area contributed by atoms with Crippen molar-refractivity contribution in [2.75, 3.05) is 35.6 Å². The Morgan fingerprint density at radius 1 is 0.867 bits per heavy atom. The second-order valence-corrected chi connectivity index (χ2v) is 7.18. The number of amides is 3. The van der Waals surface area contributed by atoms with Gasteiger partial charge in [0.1, 0.15) is 0 Å². The molecule has 0 aliphatic heterocycles. The minimum absolute atomic E-state index is 0.0299. The average Bonchev–Trinajstić information content (AvgIpc) is 2.74. The van der Waals surface area contributed by atoms with Crippen LogP contribution in [0, 0.1) is 5.92 Å². The summed E-state index contributed by atoms with van der Waals surface area (Å²) in [5.74, 6) is -0.402. The Hall–Kier alpha value is -3.35. The molecule has 2 rings (SSSR count). The highest BCUT2D eigenvalue weighted by Crippen LogP contribution is 2.15. The van der Waals surface area contributed by atoms with Crippen molar-refractivity contribution >= 4 is 34.8 Å². The highest BCUT2D eigenvalue weighted by atomic mass is 16.2. The fourth-order valence-electron chi connectivity index (χ4n) is 2.77. The molecule has 0 spiro atoms. The van der Waals surface area contributed by atoms with Crippen LogP contribution in [0.4, 0.5) is 17.1 Å². The number of nitrogens with zero attached hydrogens (tertiary/aromatic N) is 1. The standard InChI is InChI=1S/C23H30N4O3/c1-5-27(6-2)23(30)17-8-7-9-20(14-17)24-15-21(28)25-18-10-12-19(13-11-18)26-22(29)16(3)4/h7-14,16,24H,5-6,15H2,1-4H3,(H,25,28)(H,26,29). The number of hydrogen-bond acceptors (Lipinski definition) is 4. The summed E-state index contributed by atoms with van der Waals surface area (Å²) in [5, 5.41) is 8.65. The molecule has 0 heterocycles. The van der Waals surface area contributed by atoms with Crippen molar-refractivity contribution in [3.05, 3.63) is 54.1 Å². The molecule has 2 aromatic carbocycles. The van der Waals surface area contributed by atoms with Crippen LogP contribution in [0.3, 0.4) is 0 Å². The summed E-state index contributed by atoms with van der Waals surface area (Å²) in [6, 6.07) is 14.1. The Bertz CT molecular complexity index is 874. The molecule has 0 radical (unpaired) electrons. The maximum Gasteiger partial charge on any atom is 0.253 e. The lowest BCUT2D eigenvalue weighted by atomic mass is 10.1. The molecule has 0 bridgehead atoms. The highest BCUT2D eigenvalue weighted by Gasteiger charge is 2.13. The monoisotopic (exact) mass is 410 g/mol. The molecule has 7 heteroatoms. The molecule has 7 nitrogen and oxygen atoms in total. The first-order valence-electron chi connectivity index (χ1n) is 10.2. The van der Waals surface area contributed by atoms with Gasteiger partial charge in [-0.15, -0.1) is 0 Å². The topological polar surface area (TPSA) is 90.5 Å². The molecule has 0 fully saturated rings. The van der Waals surface area contributed by atoms with Crippen molar-refractivity contribution in [1.29, 1.82) is 0 Å². The van der Waals surface area contributed by atoms with Crippen LogP contribution in [0.2, 0.25) is 0 Å². The molecule has 0 aliphatic carbocycles. The van der Waals surface area contributed by atoms with E-state index in [2.05, 4.69) is 16.0 Å². The first-order chi connectivity index (χ1) is 14.3. The first kappa shape index (κ1) is 22.9. The third-order valence-corrected chi connectivity index (χ3v) is 4.57. The van der Waals surface area contributed by atoms with Gasteiger partial charge < -0.3 is 20.9 Å². The summed E-state index contributed by atoms with van der Waals surface area (Å²) in [5.41, 5.74) is 2.60. The Morgan fingerprint density at radius 2 is 1.47 bits per heavy atom. The third-order valence-electron chi connectivity index (χ3n) is 4.57. The normalized spacial score (nSPS) is 10.4. The van der Waals surface area contributed by atoms with Crippen LogP contribution < -0.4 is 16.0 Å². The van der Waals surface area contributed by atoms with Gasteiger partial charge >= 0.3 is 0 Å². The van der Waals surface area contributed by atoms with Gasteiger partial charge in [0.25, 0.3) is 5.91 Å². The van der Waals surface area contributed by atoms with Crippen LogP contribution in [0.15, 0.2) is 48.5 Å². The van der Waals surface area contributed by atoms with E-state index < -0.39 is 0 Å². The van der Waals surface area contributed by atoms with Gasteiger partial charge in [0.15, 0.2) is 0 Å². The molecule has 2 aromatic rings. The van der Waals surface area contributed by atoms with E-state index in [4.69, 9.17) is 0 Å². The Morgan fingerprint density at radius 3 is 2.03 bits per heavy atom. The predicted molar refractivity (Wildman–Crippen MR) is 121 cm³/mol. The van der Waals surface area contributed by atoms with Gasteiger partial charge in [-0.3, -0.25) is 14.4 Å². The molecule has 160 valence electrons. The van der Waals surface area contributed by atoms with Gasteiger partial charge in [-0.05, 0) is 56.3 Å². The molecule has 0 saturated carbocycles. The van der Waals surface area contributed by atoms with Crippen LogP contribution >= 0.6 is 0 Å². The average molecular weight is 411 g/mol.